The minimum atomic E-state index is -0.0410. The highest BCUT2D eigenvalue weighted by molar-refractivity contribution is 9.10. The molecule has 0 amide bonds. The van der Waals surface area contributed by atoms with E-state index >= 15 is 0 Å². The van der Waals surface area contributed by atoms with Gasteiger partial charge >= 0.3 is 0 Å². The summed E-state index contributed by atoms with van der Waals surface area (Å²) in [5.74, 6) is 0. The molecule has 5 heteroatoms. The van der Waals surface area contributed by atoms with E-state index in [1.807, 2.05) is 0 Å². The summed E-state index contributed by atoms with van der Waals surface area (Å²) in [6.07, 6.45) is 3.06. The zero-order valence-corrected chi connectivity index (χ0v) is 10.8. The predicted octanol–water partition coefficient (Wildman–Crippen LogP) is 1.39. The zero-order chi connectivity index (χ0) is 11.5. The van der Waals surface area contributed by atoms with Crippen LogP contribution in [0.1, 0.15) is 20.8 Å². The summed E-state index contributed by atoms with van der Waals surface area (Å²) in [4.78, 5) is 15.5. The lowest BCUT2D eigenvalue weighted by molar-refractivity contribution is 0.409. The molecule has 1 heterocycles. The number of aromatic nitrogens is 2. The molecule has 0 bridgehead atoms. The second-order valence-corrected chi connectivity index (χ2v) is 5.27. The molecular formula is C10H16BrN3O. The summed E-state index contributed by atoms with van der Waals surface area (Å²) in [7, 11) is 0. The third-order valence-electron chi connectivity index (χ3n) is 1.87. The SMILES string of the molecule is CC(C)(C)NCCn1cncc(Br)c1=O. The molecule has 84 valence electrons. The summed E-state index contributed by atoms with van der Waals surface area (Å²) in [5, 5.41) is 3.31. The Bertz CT molecular complexity index is 381. The molecule has 0 unspecified atom stereocenters. The van der Waals surface area contributed by atoms with Gasteiger partial charge in [-0.15, -0.1) is 0 Å². The monoisotopic (exact) mass is 273 g/mol. The van der Waals surface area contributed by atoms with Crippen LogP contribution in [0.4, 0.5) is 0 Å². The topological polar surface area (TPSA) is 46.9 Å². The van der Waals surface area contributed by atoms with Crippen LogP contribution >= 0.6 is 15.9 Å². The Morgan fingerprint density at radius 2 is 2.20 bits per heavy atom. The fourth-order valence-corrected chi connectivity index (χ4v) is 1.48. The van der Waals surface area contributed by atoms with Crippen LogP contribution in [0.15, 0.2) is 21.8 Å². The molecular weight excluding hydrogens is 258 g/mol. The van der Waals surface area contributed by atoms with Crippen molar-refractivity contribution in [3.8, 4) is 0 Å². The molecule has 0 aromatic carbocycles. The van der Waals surface area contributed by atoms with Crippen LogP contribution in [-0.2, 0) is 6.54 Å². The van der Waals surface area contributed by atoms with Gasteiger partial charge in [-0.2, -0.15) is 0 Å². The van der Waals surface area contributed by atoms with Gasteiger partial charge in [-0.3, -0.25) is 9.36 Å². The van der Waals surface area contributed by atoms with E-state index in [1.54, 1.807) is 10.9 Å². The lowest BCUT2D eigenvalue weighted by Crippen LogP contribution is -2.39. The van der Waals surface area contributed by atoms with Gasteiger partial charge < -0.3 is 5.32 Å². The fraction of sp³-hybridized carbons (Fsp3) is 0.600. The average Bonchev–Trinajstić information content (AvgIpc) is 2.10. The van der Waals surface area contributed by atoms with E-state index in [1.165, 1.54) is 6.20 Å². The Balaban J connectivity index is 2.59. The average molecular weight is 274 g/mol. The summed E-state index contributed by atoms with van der Waals surface area (Å²) in [6, 6.07) is 0. The van der Waals surface area contributed by atoms with Gasteiger partial charge in [0.1, 0.15) is 4.47 Å². The molecule has 0 spiro atoms. The number of nitrogens with one attached hydrogen (secondary N) is 1. The highest BCUT2D eigenvalue weighted by Crippen LogP contribution is 1.99. The van der Waals surface area contributed by atoms with Crippen molar-refractivity contribution >= 4 is 15.9 Å². The maximum Gasteiger partial charge on any atom is 0.267 e. The van der Waals surface area contributed by atoms with Crippen LogP contribution in [0.5, 0.6) is 0 Å². The maximum atomic E-state index is 11.6. The van der Waals surface area contributed by atoms with Crippen molar-refractivity contribution in [1.82, 2.24) is 14.9 Å². The van der Waals surface area contributed by atoms with Gasteiger partial charge in [0.05, 0.1) is 6.33 Å². The Kier molecular flexibility index (Phi) is 4.04. The molecule has 0 aliphatic rings. The molecule has 0 aliphatic carbocycles. The summed E-state index contributed by atoms with van der Waals surface area (Å²) in [6.45, 7) is 7.66. The van der Waals surface area contributed by atoms with Crippen molar-refractivity contribution in [3.05, 3.63) is 27.4 Å². The standard InChI is InChI=1S/C10H16BrN3O/c1-10(2,3)13-4-5-14-7-12-6-8(11)9(14)15/h6-7,13H,4-5H2,1-3H3. The molecule has 0 atom stereocenters. The number of halogens is 1. The summed E-state index contributed by atoms with van der Waals surface area (Å²) >= 11 is 3.16. The maximum absolute atomic E-state index is 11.6. The first-order valence-electron chi connectivity index (χ1n) is 4.85. The van der Waals surface area contributed by atoms with Crippen LogP contribution in [0.25, 0.3) is 0 Å². The van der Waals surface area contributed by atoms with Crippen LogP contribution < -0.4 is 10.9 Å². The van der Waals surface area contributed by atoms with Gasteiger partial charge in [0, 0.05) is 24.8 Å². The quantitative estimate of drug-likeness (QED) is 0.906. The van der Waals surface area contributed by atoms with Gasteiger partial charge in [0.15, 0.2) is 0 Å². The number of rotatable bonds is 3. The molecule has 1 N–H and O–H groups in total. The second-order valence-electron chi connectivity index (χ2n) is 4.42. The first-order valence-corrected chi connectivity index (χ1v) is 5.64. The zero-order valence-electron chi connectivity index (χ0n) is 9.25. The van der Waals surface area contributed by atoms with Crippen molar-refractivity contribution in [2.75, 3.05) is 6.54 Å². The van der Waals surface area contributed by atoms with Crippen LogP contribution in [-0.4, -0.2) is 21.6 Å². The molecule has 0 saturated heterocycles. The first-order chi connectivity index (χ1) is 6.90. The molecule has 0 saturated carbocycles. The molecule has 1 aromatic rings. The van der Waals surface area contributed by atoms with E-state index < -0.39 is 0 Å². The minimum absolute atomic E-state index is 0.0410. The van der Waals surface area contributed by atoms with Crippen LogP contribution in [0, 0.1) is 0 Å². The van der Waals surface area contributed by atoms with E-state index in [-0.39, 0.29) is 11.1 Å². The predicted molar refractivity (Wildman–Crippen MR) is 64.0 cm³/mol. The molecule has 0 fully saturated rings. The van der Waals surface area contributed by atoms with Crippen molar-refractivity contribution in [2.45, 2.75) is 32.9 Å². The van der Waals surface area contributed by atoms with Gasteiger partial charge in [0.25, 0.3) is 5.56 Å². The van der Waals surface area contributed by atoms with Gasteiger partial charge in [-0.05, 0) is 36.7 Å². The smallest absolute Gasteiger partial charge is 0.267 e. The van der Waals surface area contributed by atoms with Gasteiger partial charge in [-0.1, -0.05) is 0 Å². The Morgan fingerprint density at radius 1 is 1.53 bits per heavy atom. The van der Waals surface area contributed by atoms with Gasteiger partial charge in [-0.25, -0.2) is 4.98 Å². The number of hydrogen-bond donors (Lipinski definition) is 1. The van der Waals surface area contributed by atoms with Crippen molar-refractivity contribution in [2.24, 2.45) is 0 Å². The largest absolute Gasteiger partial charge is 0.310 e. The van der Waals surface area contributed by atoms with Crippen LogP contribution in [0.3, 0.4) is 0 Å². The highest BCUT2D eigenvalue weighted by atomic mass is 79.9. The number of nitrogens with zero attached hydrogens (tertiary/aromatic N) is 2. The van der Waals surface area contributed by atoms with E-state index in [0.717, 1.165) is 6.54 Å². The number of hydrogen-bond acceptors (Lipinski definition) is 3. The highest BCUT2D eigenvalue weighted by Gasteiger charge is 2.08. The molecule has 1 aromatic heterocycles. The van der Waals surface area contributed by atoms with Crippen molar-refractivity contribution in [3.63, 3.8) is 0 Å². The van der Waals surface area contributed by atoms with E-state index in [0.29, 0.717) is 11.0 Å². The lowest BCUT2D eigenvalue weighted by Gasteiger charge is -2.20. The Morgan fingerprint density at radius 3 is 2.80 bits per heavy atom. The normalized spacial score (nSPS) is 11.7. The molecule has 0 aliphatic heterocycles. The van der Waals surface area contributed by atoms with E-state index in [2.05, 4.69) is 47.0 Å². The first kappa shape index (κ1) is 12.4. The van der Waals surface area contributed by atoms with Crippen molar-refractivity contribution in [1.29, 1.82) is 0 Å². The molecule has 0 radical (unpaired) electrons. The Labute approximate surface area is 97.8 Å². The Hall–Kier alpha value is -0.680. The third kappa shape index (κ3) is 4.13. The third-order valence-corrected chi connectivity index (χ3v) is 2.41. The van der Waals surface area contributed by atoms with Crippen molar-refractivity contribution < 1.29 is 0 Å². The van der Waals surface area contributed by atoms with Crippen LogP contribution in [0.2, 0.25) is 0 Å². The fourth-order valence-electron chi connectivity index (χ4n) is 1.13. The second kappa shape index (κ2) is 4.90. The summed E-state index contributed by atoms with van der Waals surface area (Å²) in [5.41, 5.74) is 0.0315. The molecule has 1 rings (SSSR count). The lowest BCUT2D eigenvalue weighted by atomic mass is 10.1. The van der Waals surface area contributed by atoms with Gasteiger partial charge in [0.2, 0.25) is 0 Å². The molecule has 4 nitrogen and oxygen atoms in total. The minimum Gasteiger partial charge on any atom is -0.310 e. The molecule has 15 heavy (non-hydrogen) atoms. The summed E-state index contributed by atoms with van der Waals surface area (Å²) < 4.78 is 2.09. The van der Waals surface area contributed by atoms with E-state index in [4.69, 9.17) is 0 Å². The van der Waals surface area contributed by atoms with E-state index in [9.17, 15) is 4.79 Å².